The first-order valence-corrected chi connectivity index (χ1v) is 8.38. The highest BCUT2D eigenvalue weighted by Crippen LogP contribution is 2.27. The molecule has 6 heteroatoms. The van der Waals surface area contributed by atoms with Crippen LogP contribution in [-0.4, -0.2) is 14.7 Å². The summed E-state index contributed by atoms with van der Waals surface area (Å²) in [5.74, 6) is 0.00530. The van der Waals surface area contributed by atoms with Crippen LogP contribution in [0.2, 0.25) is 0 Å². The van der Waals surface area contributed by atoms with E-state index in [0.29, 0.717) is 16.6 Å². The number of aliphatic hydroxyl groups is 1. The van der Waals surface area contributed by atoms with E-state index < -0.39 is 0 Å². The molecule has 23 heavy (non-hydrogen) atoms. The molecule has 1 heterocycles. The van der Waals surface area contributed by atoms with Crippen molar-refractivity contribution in [3.63, 3.8) is 0 Å². The van der Waals surface area contributed by atoms with E-state index in [-0.39, 0.29) is 17.0 Å². The van der Waals surface area contributed by atoms with Crippen LogP contribution in [0, 0.1) is 0 Å². The number of benzene rings is 2. The van der Waals surface area contributed by atoms with Crippen LogP contribution in [0.4, 0.5) is 0 Å². The number of rotatable bonds is 2. The van der Waals surface area contributed by atoms with E-state index in [1.54, 1.807) is 19.2 Å². The average Bonchev–Trinajstić information content (AvgIpc) is 2.55. The Morgan fingerprint density at radius 3 is 2.52 bits per heavy atom. The van der Waals surface area contributed by atoms with Crippen molar-refractivity contribution in [2.45, 2.75) is 0 Å². The molecule has 1 N–H and O–H groups in total. The number of hydrogen-bond acceptors (Lipinski definition) is 3. The van der Waals surface area contributed by atoms with Gasteiger partial charge in [-0.15, -0.1) is 0 Å². The van der Waals surface area contributed by atoms with Crippen LogP contribution in [0.1, 0.15) is 11.3 Å². The van der Waals surface area contributed by atoms with Gasteiger partial charge in [0.05, 0.1) is 11.0 Å². The molecule has 0 spiro atoms. The topological polar surface area (TPSA) is 55.1 Å². The van der Waals surface area contributed by atoms with Crippen molar-refractivity contribution in [2.24, 2.45) is 7.05 Å². The fourth-order valence-corrected chi connectivity index (χ4v) is 2.92. The third-order valence-electron chi connectivity index (χ3n) is 3.49. The number of fused-ring (bicyclic) bond motifs is 1. The Labute approximate surface area is 149 Å². The fourth-order valence-electron chi connectivity index (χ4n) is 2.26. The predicted octanol–water partition coefficient (Wildman–Crippen LogP) is 4.51. The molecule has 2 aromatic carbocycles. The highest BCUT2D eigenvalue weighted by Gasteiger charge is 2.10. The molecule has 0 aliphatic heterocycles. The van der Waals surface area contributed by atoms with E-state index >= 15 is 0 Å². The summed E-state index contributed by atoms with van der Waals surface area (Å²) in [5.41, 5.74) is 1.92. The SMILES string of the molecule is Cn1c(=O)c(/C=C(\O)c2ccccc2)nc2cc(Br)c(Br)cc21. The summed E-state index contributed by atoms with van der Waals surface area (Å²) in [5, 5.41) is 10.2. The second-order valence-corrected chi connectivity index (χ2v) is 6.72. The summed E-state index contributed by atoms with van der Waals surface area (Å²) in [7, 11) is 1.68. The lowest BCUT2D eigenvalue weighted by Gasteiger charge is -2.08. The van der Waals surface area contributed by atoms with Gasteiger partial charge in [-0.3, -0.25) is 4.79 Å². The van der Waals surface area contributed by atoms with E-state index in [9.17, 15) is 9.90 Å². The van der Waals surface area contributed by atoms with Crippen molar-refractivity contribution >= 4 is 54.7 Å². The summed E-state index contributed by atoms with van der Waals surface area (Å²) in [6, 6.07) is 12.7. The van der Waals surface area contributed by atoms with Crippen LogP contribution in [0.3, 0.4) is 0 Å². The first-order valence-electron chi connectivity index (χ1n) is 6.79. The van der Waals surface area contributed by atoms with Crippen LogP contribution in [-0.2, 0) is 7.05 Å². The van der Waals surface area contributed by atoms with Crippen molar-refractivity contribution in [1.82, 2.24) is 9.55 Å². The molecule has 116 valence electrons. The first kappa shape index (κ1) is 16.0. The lowest BCUT2D eigenvalue weighted by Crippen LogP contribution is -2.21. The summed E-state index contributed by atoms with van der Waals surface area (Å²) >= 11 is 6.85. The molecule has 0 fully saturated rings. The number of aryl methyl sites for hydroxylation is 1. The molecule has 0 atom stereocenters. The largest absolute Gasteiger partial charge is 0.507 e. The van der Waals surface area contributed by atoms with Crippen molar-refractivity contribution in [1.29, 1.82) is 0 Å². The van der Waals surface area contributed by atoms with Gasteiger partial charge < -0.3 is 9.67 Å². The standard InChI is InChI=1S/C17H12Br2N2O2/c1-21-15-8-12(19)11(18)7-13(15)20-14(17(21)23)9-16(22)10-5-3-2-4-6-10/h2-9,22H,1H3/b16-9-. The number of aliphatic hydroxyl groups excluding tert-OH is 1. The highest BCUT2D eigenvalue weighted by molar-refractivity contribution is 9.13. The van der Waals surface area contributed by atoms with E-state index in [4.69, 9.17) is 0 Å². The third kappa shape index (κ3) is 3.09. The predicted molar refractivity (Wildman–Crippen MR) is 99.3 cm³/mol. The molecule has 4 nitrogen and oxygen atoms in total. The first-order chi connectivity index (χ1) is 11.0. The van der Waals surface area contributed by atoms with Crippen molar-refractivity contribution in [3.8, 4) is 0 Å². The van der Waals surface area contributed by atoms with Crippen molar-refractivity contribution < 1.29 is 5.11 Å². The molecule has 3 rings (SSSR count). The lowest BCUT2D eigenvalue weighted by atomic mass is 10.1. The van der Waals surface area contributed by atoms with Gasteiger partial charge in [0.25, 0.3) is 5.56 Å². The molecule has 0 saturated carbocycles. The van der Waals surface area contributed by atoms with Gasteiger partial charge in [-0.2, -0.15) is 0 Å². The average molecular weight is 436 g/mol. The molecule has 0 radical (unpaired) electrons. The zero-order valence-electron chi connectivity index (χ0n) is 12.1. The van der Waals surface area contributed by atoms with Gasteiger partial charge in [-0.05, 0) is 44.0 Å². The van der Waals surface area contributed by atoms with Crippen LogP contribution in [0.25, 0.3) is 22.9 Å². The molecular weight excluding hydrogens is 424 g/mol. The maximum absolute atomic E-state index is 12.5. The summed E-state index contributed by atoms with van der Waals surface area (Å²) in [4.78, 5) is 16.8. The maximum Gasteiger partial charge on any atom is 0.276 e. The maximum atomic E-state index is 12.5. The van der Waals surface area contributed by atoms with Gasteiger partial charge in [0.15, 0.2) is 0 Å². The Kier molecular flexibility index (Phi) is 4.37. The molecule has 3 aromatic rings. The van der Waals surface area contributed by atoms with Crippen LogP contribution in [0.5, 0.6) is 0 Å². The van der Waals surface area contributed by atoms with Gasteiger partial charge >= 0.3 is 0 Å². The summed E-state index contributed by atoms with van der Waals surface area (Å²) < 4.78 is 3.21. The molecule has 0 aliphatic carbocycles. The van der Waals surface area contributed by atoms with E-state index in [1.165, 1.54) is 10.6 Å². The summed E-state index contributed by atoms with van der Waals surface area (Å²) in [6.07, 6.45) is 1.40. The third-order valence-corrected chi connectivity index (χ3v) is 5.33. The van der Waals surface area contributed by atoms with Crippen LogP contribution >= 0.6 is 31.9 Å². The Morgan fingerprint density at radius 1 is 1.17 bits per heavy atom. The Balaban J connectivity index is 2.21. The van der Waals surface area contributed by atoms with Gasteiger partial charge in [-0.25, -0.2) is 4.98 Å². The molecule has 0 unspecified atom stereocenters. The van der Waals surface area contributed by atoms with Gasteiger partial charge in [0.2, 0.25) is 0 Å². The van der Waals surface area contributed by atoms with E-state index in [1.807, 2.05) is 30.3 Å². The molecule has 0 saturated heterocycles. The Morgan fingerprint density at radius 2 is 1.83 bits per heavy atom. The molecule has 0 amide bonds. The quantitative estimate of drug-likeness (QED) is 0.602. The zero-order chi connectivity index (χ0) is 16.6. The number of aromatic nitrogens is 2. The van der Waals surface area contributed by atoms with E-state index in [2.05, 4.69) is 36.8 Å². The second kappa shape index (κ2) is 6.29. The van der Waals surface area contributed by atoms with Gasteiger partial charge in [0, 0.05) is 27.6 Å². The van der Waals surface area contributed by atoms with Gasteiger partial charge in [0.1, 0.15) is 11.5 Å². The summed E-state index contributed by atoms with van der Waals surface area (Å²) in [6.45, 7) is 0. The normalized spacial score (nSPS) is 11.9. The second-order valence-electron chi connectivity index (χ2n) is 5.01. The molecular formula is C17H12Br2N2O2. The highest BCUT2D eigenvalue weighted by atomic mass is 79.9. The van der Waals surface area contributed by atoms with E-state index in [0.717, 1.165) is 8.95 Å². The lowest BCUT2D eigenvalue weighted by molar-refractivity contribution is 0.515. The van der Waals surface area contributed by atoms with Crippen LogP contribution < -0.4 is 5.56 Å². The number of nitrogens with zero attached hydrogens (tertiary/aromatic N) is 2. The fraction of sp³-hybridized carbons (Fsp3) is 0.0588. The molecule has 1 aromatic heterocycles. The van der Waals surface area contributed by atoms with Crippen molar-refractivity contribution in [2.75, 3.05) is 0 Å². The van der Waals surface area contributed by atoms with Crippen LogP contribution in [0.15, 0.2) is 56.2 Å². The Bertz CT molecular complexity index is 979. The zero-order valence-corrected chi connectivity index (χ0v) is 15.3. The smallest absolute Gasteiger partial charge is 0.276 e. The number of halogens is 2. The minimum absolute atomic E-state index is 0.00530. The number of hydrogen-bond donors (Lipinski definition) is 1. The van der Waals surface area contributed by atoms with Crippen molar-refractivity contribution in [3.05, 3.63) is 73.0 Å². The molecule has 0 bridgehead atoms. The van der Waals surface area contributed by atoms with Gasteiger partial charge in [-0.1, -0.05) is 30.3 Å². The Hall–Kier alpha value is -1.92. The minimum atomic E-state index is -0.269. The monoisotopic (exact) mass is 434 g/mol. The molecule has 0 aliphatic rings. The minimum Gasteiger partial charge on any atom is -0.507 e.